The van der Waals surface area contributed by atoms with Crippen LogP contribution in [0, 0.1) is 22.9 Å². The average Bonchev–Trinajstić information content (AvgIpc) is 3.52. The maximum absolute atomic E-state index is 13.9. The molecule has 46 heavy (non-hydrogen) atoms. The summed E-state index contributed by atoms with van der Waals surface area (Å²) in [6.45, 7) is 8.72. The van der Waals surface area contributed by atoms with Crippen molar-refractivity contribution in [1.82, 2.24) is 14.9 Å². The minimum atomic E-state index is -0.574. The predicted molar refractivity (Wildman–Crippen MR) is 174 cm³/mol. The molecule has 1 aliphatic rings. The average molecular weight is 657 g/mol. The molecule has 0 N–H and O–H groups in total. The van der Waals surface area contributed by atoms with E-state index in [2.05, 4.69) is 9.97 Å². The molecule has 0 spiro atoms. The van der Waals surface area contributed by atoms with E-state index in [-0.39, 0.29) is 52.8 Å². The number of hydrogen-bond acceptors (Lipinski definition) is 10. The first-order valence-corrected chi connectivity index (χ1v) is 16.5. The van der Waals surface area contributed by atoms with Crippen molar-refractivity contribution in [3.05, 3.63) is 69.8 Å². The minimum Gasteiger partial charge on any atom is -0.497 e. The number of nitro groups is 1. The molecule has 1 saturated heterocycles. The quantitative estimate of drug-likeness (QED) is 0.0699. The van der Waals surface area contributed by atoms with Crippen molar-refractivity contribution in [2.24, 2.45) is 0 Å². The first kappa shape index (κ1) is 34.9. The van der Waals surface area contributed by atoms with E-state index in [1.165, 1.54) is 31.4 Å². The molecule has 1 aliphatic heterocycles. The summed E-state index contributed by atoms with van der Waals surface area (Å²) < 4.78 is 36.7. The second-order valence-electron chi connectivity index (χ2n) is 10.8. The van der Waals surface area contributed by atoms with Gasteiger partial charge < -0.3 is 23.8 Å². The van der Waals surface area contributed by atoms with Crippen LogP contribution < -0.4 is 14.2 Å². The second-order valence-corrected chi connectivity index (χ2v) is 12.2. The molecule has 0 bridgehead atoms. The summed E-state index contributed by atoms with van der Waals surface area (Å²) in [6.07, 6.45) is 2.34. The van der Waals surface area contributed by atoms with Crippen molar-refractivity contribution >= 4 is 23.4 Å². The number of nitro benzene ring substituents is 1. The normalized spacial score (nSPS) is 15.8. The summed E-state index contributed by atoms with van der Waals surface area (Å²) in [4.78, 5) is 36.1. The van der Waals surface area contributed by atoms with Gasteiger partial charge in [0, 0.05) is 36.9 Å². The third-order valence-corrected chi connectivity index (χ3v) is 8.63. The number of amides is 1. The standard InChI is InChI=1S/C33H41FN4O7S/c1-6-43-33(46-7-2)28-11-8-16-37(28)32(39)26-18-25(42-5)19-29(31(26)38(40)41)44-17-9-10-21(3)45-30-20-27(35-22(4)36-30)23-12-14-24(34)15-13-23/h12-15,18-21,28,33H,6-11,16-17H2,1-5H3/t21?,28-,33?/m0/s1. The van der Waals surface area contributed by atoms with E-state index in [1.54, 1.807) is 41.8 Å². The number of methoxy groups -OCH3 is 1. The van der Waals surface area contributed by atoms with Crippen molar-refractivity contribution in [3.63, 3.8) is 0 Å². The van der Waals surface area contributed by atoms with Gasteiger partial charge in [0.1, 0.15) is 28.4 Å². The van der Waals surface area contributed by atoms with Crippen LogP contribution in [0.3, 0.4) is 0 Å². The van der Waals surface area contributed by atoms with Crippen molar-refractivity contribution in [2.75, 3.05) is 32.6 Å². The monoisotopic (exact) mass is 656 g/mol. The van der Waals surface area contributed by atoms with E-state index in [9.17, 15) is 19.3 Å². The lowest BCUT2D eigenvalue weighted by Crippen LogP contribution is -2.43. The van der Waals surface area contributed by atoms with Crippen molar-refractivity contribution < 1.29 is 33.1 Å². The Labute approximate surface area is 273 Å². The Morgan fingerprint density at radius 3 is 2.63 bits per heavy atom. The molecule has 1 amide bonds. The molecule has 2 heterocycles. The molecule has 0 saturated carbocycles. The van der Waals surface area contributed by atoms with Crippen molar-refractivity contribution in [3.8, 4) is 28.6 Å². The summed E-state index contributed by atoms with van der Waals surface area (Å²) in [6, 6.07) is 10.4. The van der Waals surface area contributed by atoms with Gasteiger partial charge in [-0.25, -0.2) is 9.37 Å². The van der Waals surface area contributed by atoms with E-state index in [0.29, 0.717) is 43.4 Å². The third-order valence-electron chi connectivity index (χ3n) is 7.52. The minimum absolute atomic E-state index is 0.0309. The van der Waals surface area contributed by atoms with Gasteiger partial charge in [-0.05, 0) is 76.5 Å². The Morgan fingerprint density at radius 1 is 1.20 bits per heavy atom. The Kier molecular flexibility index (Phi) is 12.6. The van der Waals surface area contributed by atoms with E-state index >= 15 is 0 Å². The number of benzene rings is 2. The molecule has 0 aliphatic carbocycles. The fourth-order valence-electron chi connectivity index (χ4n) is 5.43. The largest absolute Gasteiger partial charge is 0.497 e. The Morgan fingerprint density at radius 2 is 1.96 bits per heavy atom. The number of nitrogens with zero attached hydrogens (tertiary/aromatic N) is 4. The molecular formula is C33H41FN4O7S. The number of ether oxygens (including phenoxy) is 4. The number of aromatic nitrogens is 2. The molecule has 1 aromatic heterocycles. The van der Waals surface area contributed by atoms with E-state index in [1.807, 2.05) is 20.8 Å². The maximum atomic E-state index is 13.9. The summed E-state index contributed by atoms with van der Waals surface area (Å²) in [5.41, 5.74) is 0.681. The highest BCUT2D eigenvalue weighted by Gasteiger charge is 2.39. The fourth-order valence-corrected chi connectivity index (χ4v) is 6.50. The van der Waals surface area contributed by atoms with Crippen LogP contribution in [0.5, 0.6) is 17.4 Å². The highest BCUT2D eigenvalue weighted by atomic mass is 32.2. The first-order valence-electron chi connectivity index (χ1n) is 15.5. The number of thioether (sulfide) groups is 1. The van der Waals surface area contributed by atoms with Crippen molar-refractivity contribution in [2.45, 2.75) is 71.0 Å². The molecule has 3 atom stereocenters. The van der Waals surface area contributed by atoms with Gasteiger partial charge in [-0.3, -0.25) is 14.9 Å². The topological polar surface area (TPSA) is 126 Å². The van der Waals surface area contributed by atoms with E-state index in [4.69, 9.17) is 18.9 Å². The Hall–Kier alpha value is -3.97. The summed E-state index contributed by atoms with van der Waals surface area (Å²) in [5, 5.41) is 12.3. The zero-order valence-electron chi connectivity index (χ0n) is 26.9. The SMILES string of the molecule is CCOC(SCC)[C@@H]1CCCN1C(=O)c1cc(OC)cc(OCCCC(C)Oc2cc(-c3ccc(F)cc3)nc(C)n2)c1[N+](=O)[O-]. The molecule has 248 valence electrons. The van der Waals surface area contributed by atoms with Gasteiger partial charge in [0.2, 0.25) is 11.6 Å². The number of hydrogen-bond donors (Lipinski definition) is 0. The summed E-state index contributed by atoms with van der Waals surface area (Å²) in [7, 11) is 1.44. The lowest BCUT2D eigenvalue weighted by atomic mass is 10.1. The van der Waals surface area contributed by atoms with Crippen LogP contribution in [0.15, 0.2) is 42.5 Å². The van der Waals surface area contributed by atoms with Crippen LogP contribution in [0.25, 0.3) is 11.3 Å². The Bertz CT molecular complexity index is 1490. The number of halogens is 1. The lowest BCUT2D eigenvalue weighted by Gasteiger charge is -2.31. The highest BCUT2D eigenvalue weighted by Crippen LogP contribution is 2.38. The maximum Gasteiger partial charge on any atom is 0.323 e. The number of carbonyl (C=O) groups excluding carboxylic acids is 1. The molecule has 1 fully saturated rings. The highest BCUT2D eigenvalue weighted by molar-refractivity contribution is 7.99. The first-order chi connectivity index (χ1) is 22.1. The molecule has 2 aromatic carbocycles. The van der Waals surface area contributed by atoms with Gasteiger partial charge in [-0.2, -0.15) is 4.98 Å². The van der Waals surface area contributed by atoms with Crippen LogP contribution in [-0.2, 0) is 4.74 Å². The van der Waals surface area contributed by atoms with Crippen LogP contribution >= 0.6 is 11.8 Å². The molecule has 13 heteroatoms. The van der Waals surface area contributed by atoms with Gasteiger partial charge in [0.25, 0.3) is 5.91 Å². The smallest absolute Gasteiger partial charge is 0.323 e. The lowest BCUT2D eigenvalue weighted by molar-refractivity contribution is -0.386. The molecule has 3 aromatic rings. The van der Waals surface area contributed by atoms with Gasteiger partial charge in [0.05, 0.1) is 36.5 Å². The second kappa shape index (κ2) is 16.5. The predicted octanol–water partition coefficient (Wildman–Crippen LogP) is 6.85. The van der Waals surface area contributed by atoms with Gasteiger partial charge in [0.15, 0.2) is 0 Å². The molecule has 0 radical (unpaired) electrons. The number of aryl methyl sites for hydroxylation is 1. The number of carbonyl (C=O) groups is 1. The molecular weight excluding hydrogens is 615 g/mol. The van der Waals surface area contributed by atoms with Gasteiger partial charge in [-0.1, -0.05) is 6.92 Å². The molecule has 4 rings (SSSR count). The van der Waals surface area contributed by atoms with E-state index in [0.717, 1.165) is 24.2 Å². The fraction of sp³-hybridized carbons (Fsp3) is 0.485. The number of rotatable bonds is 16. The van der Waals surface area contributed by atoms with Gasteiger partial charge in [-0.15, -0.1) is 11.8 Å². The van der Waals surface area contributed by atoms with E-state index < -0.39 is 10.8 Å². The third kappa shape index (κ3) is 8.85. The zero-order valence-corrected chi connectivity index (χ0v) is 27.7. The number of likely N-dealkylation sites (tertiary alicyclic amines) is 1. The van der Waals surface area contributed by atoms with Crippen LogP contribution in [0.2, 0.25) is 0 Å². The zero-order chi connectivity index (χ0) is 33.2. The summed E-state index contributed by atoms with van der Waals surface area (Å²) in [5.74, 6) is 1.20. The molecule has 11 nitrogen and oxygen atoms in total. The van der Waals surface area contributed by atoms with Crippen LogP contribution in [-0.4, -0.2) is 75.9 Å². The van der Waals surface area contributed by atoms with Crippen LogP contribution in [0.4, 0.5) is 10.1 Å². The van der Waals surface area contributed by atoms with Gasteiger partial charge >= 0.3 is 5.69 Å². The molecule has 2 unspecified atom stereocenters. The Balaban J connectivity index is 1.44. The summed E-state index contributed by atoms with van der Waals surface area (Å²) >= 11 is 1.62. The van der Waals surface area contributed by atoms with Crippen molar-refractivity contribution in [1.29, 1.82) is 0 Å². The van der Waals surface area contributed by atoms with Crippen LogP contribution in [0.1, 0.15) is 62.6 Å².